The zero-order chi connectivity index (χ0) is 28.7. The Morgan fingerprint density at radius 2 is 1.62 bits per heavy atom. The summed E-state index contributed by atoms with van der Waals surface area (Å²) in [5, 5.41) is 3.12. The first-order chi connectivity index (χ1) is 19.4. The zero-order valence-corrected chi connectivity index (χ0v) is 25.7. The molecule has 6 nitrogen and oxygen atoms in total. The number of hydrogen-bond donors (Lipinski definition) is 1. The molecular formula is C34H52N4O2. The van der Waals surface area contributed by atoms with Gasteiger partial charge in [0.1, 0.15) is 11.6 Å². The number of aryl methyl sites for hydroxylation is 1. The Kier molecular flexibility index (Phi) is 13.5. The minimum absolute atomic E-state index is 0.00687. The highest BCUT2D eigenvalue weighted by molar-refractivity contribution is 5.97. The number of hydrogen-bond acceptors (Lipinski definition) is 4. The van der Waals surface area contributed by atoms with E-state index >= 15 is 0 Å². The van der Waals surface area contributed by atoms with E-state index in [1.54, 1.807) is 0 Å². The van der Waals surface area contributed by atoms with Crippen molar-refractivity contribution in [2.75, 3.05) is 33.8 Å². The van der Waals surface area contributed by atoms with E-state index in [-0.39, 0.29) is 5.91 Å². The van der Waals surface area contributed by atoms with Gasteiger partial charge in [-0.1, -0.05) is 64.5 Å². The molecule has 1 N–H and O–H groups in total. The summed E-state index contributed by atoms with van der Waals surface area (Å²) in [4.78, 5) is 20.2. The van der Waals surface area contributed by atoms with Crippen molar-refractivity contribution in [1.29, 1.82) is 0 Å². The van der Waals surface area contributed by atoms with Crippen LogP contribution in [-0.2, 0) is 13.0 Å². The van der Waals surface area contributed by atoms with Crippen molar-refractivity contribution < 1.29 is 9.53 Å². The smallest absolute Gasteiger partial charge is 0.251 e. The Balaban J connectivity index is 1.52. The number of aromatic nitrogens is 2. The Morgan fingerprint density at radius 3 is 2.27 bits per heavy atom. The molecular weight excluding hydrogens is 496 g/mol. The maximum Gasteiger partial charge on any atom is 0.251 e. The van der Waals surface area contributed by atoms with Gasteiger partial charge in [0.05, 0.1) is 17.6 Å². The molecule has 0 fully saturated rings. The first kappa shape index (κ1) is 31.7. The second-order valence-corrected chi connectivity index (χ2v) is 11.7. The van der Waals surface area contributed by atoms with E-state index in [9.17, 15) is 4.79 Å². The van der Waals surface area contributed by atoms with E-state index in [2.05, 4.69) is 60.9 Å². The van der Waals surface area contributed by atoms with Crippen LogP contribution in [0.4, 0.5) is 0 Å². The van der Waals surface area contributed by atoms with Crippen molar-refractivity contribution in [3.8, 4) is 5.75 Å². The summed E-state index contributed by atoms with van der Waals surface area (Å²) in [5.74, 6) is 2.53. The number of carbonyl (C=O) groups is 1. The lowest BCUT2D eigenvalue weighted by Gasteiger charge is -2.12. The number of rotatable bonds is 19. The fraction of sp³-hybridized carbons (Fsp3) is 0.588. The van der Waals surface area contributed by atoms with Crippen LogP contribution in [0.3, 0.4) is 0 Å². The summed E-state index contributed by atoms with van der Waals surface area (Å²) < 4.78 is 7.93. The molecule has 1 amide bonds. The molecule has 3 rings (SSSR count). The number of amides is 1. The van der Waals surface area contributed by atoms with E-state index in [0.717, 1.165) is 55.0 Å². The van der Waals surface area contributed by atoms with Gasteiger partial charge in [0.2, 0.25) is 0 Å². The molecule has 6 heteroatoms. The molecule has 0 aliphatic carbocycles. The highest BCUT2D eigenvalue weighted by Gasteiger charge is 2.15. The molecule has 0 aliphatic rings. The molecule has 1 aromatic heterocycles. The average molecular weight is 549 g/mol. The van der Waals surface area contributed by atoms with Crippen LogP contribution >= 0.6 is 0 Å². The first-order valence-electron chi connectivity index (χ1n) is 15.5. The number of ether oxygens (including phenoxy) is 1. The number of nitrogens with zero attached hydrogens (tertiary/aromatic N) is 3. The number of imidazole rings is 1. The lowest BCUT2D eigenvalue weighted by atomic mass is 10.1. The molecule has 40 heavy (non-hydrogen) atoms. The Bertz CT molecular complexity index is 1150. The second-order valence-electron chi connectivity index (χ2n) is 11.7. The van der Waals surface area contributed by atoms with Gasteiger partial charge < -0.3 is 19.5 Å². The van der Waals surface area contributed by atoms with Crippen molar-refractivity contribution in [2.45, 2.75) is 91.5 Å². The zero-order valence-electron chi connectivity index (χ0n) is 25.7. The lowest BCUT2D eigenvalue weighted by molar-refractivity contribution is 0.0953. The van der Waals surface area contributed by atoms with Crippen molar-refractivity contribution >= 4 is 16.9 Å². The van der Waals surface area contributed by atoms with E-state index < -0.39 is 0 Å². The maximum atomic E-state index is 12.9. The highest BCUT2D eigenvalue weighted by Crippen LogP contribution is 2.23. The van der Waals surface area contributed by atoms with Gasteiger partial charge in [-0.05, 0) is 88.6 Å². The quantitative estimate of drug-likeness (QED) is 0.158. The van der Waals surface area contributed by atoms with Gasteiger partial charge in [0.15, 0.2) is 0 Å². The maximum absolute atomic E-state index is 12.9. The molecule has 0 bridgehead atoms. The van der Waals surface area contributed by atoms with Crippen LogP contribution in [0, 0.1) is 5.92 Å². The van der Waals surface area contributed by atoms with Gasteiger partial charge in [0.25, 0.3) is 5.91 Å². The van der Waals surface area contributed by atoms with Gasteiger partial charge in [-0.25, -0.2) is 4.98 Å². The van der Waals surface area contributed by atoms with Crippen molar-refractivity contribution in [3.63, 3.8) is 0 Å². The Hall–Kier alpha value is -2.86. The highest BCUT2D eigenvalue weighted by atomic mass is 16.5. The van der Waals surface area contributed by atoms with Crippen LogP contribution in [0.1, 0.15) is 100 Å². The Labute approximate surface area is 242 Å². The molecule has 1 heterocycles. The number of nitrogens with one attached hydrogen (secondary N) is 1. The van der Waals surface area contributed by atoms with E-state index in [1.807, 2.05) is 31.2 Å². The molecule has 0 atom stereocenters. The van der Waals surface area contributed by atoms with Crippen LogP contribution < -0.4 is 10.1 Å². The fourth-order valence-corrected chi connectivity index (χ4v) is 5.06. The SMILES string of the molecule is CCOc1ccc(Cc2nc3cc(C(=O)NCCCCCCCCCCN(C)C)ccc3n2CCC(C)C)cc1. The van der Waals surface area contributed by atoms with Crippen LogP contribution in [0.15, 0.2) is 42.5 Å². The van der Waals surface area contributed by atoms with Crippen LogP contribution in [0.2, 0.25) is 0 Å². The number of benzene rings is 2. The number of carbonyl (C=O) groups excluding carboxylic acids is 1. The molecule has 3 aromatic rings. The lowest BCUT2D eigenvalue weighted by Crippen LogP contribution is -2.24. The van der Waals surface area contributed by atoms with Gasteiger partial charge in [0, 0.05) is 25.1 Å². The standard InChI is InChI=1S/C34H52N4O2/c1-6-40-30-18-15-28(16-19-30)25-33-36-31-26-29(17-20-32(31)38(33)24-21-27(2)3)34(39)35-22-13-11-9-7-8-10-12-14-23-37(4)5/h15-20,26-27H,6-14,21-25H2,1-5H3,(H,35,39). The molecule has 220 valence electrons. The van der Waals surface area contributed by atoms with E-state index in [4.69, 9.17) is 9.72 Å². The third-order valence-electron chi connectivity index (χ3n) is 7.43. The minimum atomic E-state index is -0.00687. The average Bonchev–Trinajstić information content (AvgIpc) is 3.27. The number of fused-ring (bicyclic) bond motifs is 1. The van der Waals surface area contributed by atoms with Crippen molar-refractivity contribution in [3.05, 3.63) is 59.4 Å². The summed E-state index contributed by atoms with van der Waals surface area (Å²) in [6.07, 6.45) is 11.9. The molecule has 0 saturated heterocycles. The topological polar surface area (TPSA) is 59.4 Å². The minimum Gasteiger partial charge on any atom is -0.494 e. The summed E-state index contributed by atoms with van der Waals surface area (Å²) in [6, 6.07) is 14.2. The summed E-state index contributed by atoms with van der Waals surface area (Å²) >= 11 is 0. The molecule has 2 aromatic carbocycles. The van der Waals surface area contributed by atoms with Crippen LogP contribution in [0.25, 0.3) is 11.0 Å². The second kappa shape index (κ2) is 17.1. The molecule has 0 saturated carbocycles. The van der Waals surface area contributed by atoms with Gasteiger partial charge in [-0.15, -0.1) is 0 Å². The summed E-state index contributed by atoms with van der Waals surface area (Å²) in [6.45, 7) is 10.0. The van der Waals surface area contributed by atoms with Crippen LogP contribution in [-0.4, -0.2) is 54.1 Å². The third-order valence-corrected chi connectivity index (χ3v) is 7.43. The Morgan fingerprint density at radius 1 is 0.950 bits per heavy atom. The normalized spacial score (nSPS) is 11.6. The van der Waals surface area contributed by atoms with Crippen LogP contribution in [0.5, 0.6) is 5.75 Å². The summed E-state index contributed by atoms with van der Waals surface area (Å²) in [5.41, 5.74) is 3.88. The van der Waals surface area contributed by atoms with Gasteiger partial charge >= 0.3 is 0 Å². The summed E-state index contributed by atoms with van der Waals surface area (Å²) in [7, 11) is 4.28. The monoisotopic (exact) mass is 548 g/mol. The number of unbranched alkanes of at least 4 members (excludes halogenated alkanes) is 7. The molecule has 0 spiro atoms. The first-order valence-corrected chi connectivity index (χ1v) is 15.5. The predicted molar refractivity (Wildman–Crippen MR) is 167 cm³/mol. The van der Waals surface area contributed by atoms with Crippen molar-refractivity contribution in [1.82, 2.24) is 19.8 Å². The molecule has 0 unspecified atom stereocenters. The molecule has 0 radical (unpaired) electrons. The van der Waals surface area contributed by atoms with Gasteiger partial charge in [-0.2, -0.15) is 0 Å². The van der Waals surface area contributed by atoms with Gasteiger partial charge in [-0.3, -0.25) is 4.79 Å². The van der Waals surface area contributed by atoms with E-state index in [0.29, 0.717) is 18.1 Å². The molecule has 0 aliphatic heterocycles. The van der Waals surface area contributed by atoms with Crippen molar-refractivity contribution in [2.24, 2.45) is 5.92 Å². The largest absolute Gasteiger partial charge is 0.494 e. The third kappa shape index (κ3) is 10.6. The predicted octanol–water partition coefficient (Wildman–Crippen LogP) is 7.48. The fourth-order valence-electron chi connectivity index (χ4n) is 5.06. The van der Waals surface area contributed by atoms with E-state index in [1.165, 1.54) is 57.1 Å².